The molecule has 0 unspecified atom stereocenters. The zero-order valence-electron chi connectivity index (χ0n) is 11.9. The van der Waals surface area contributed by atoms with Gasteiger partial charge in [0.1, 0.15) is 5.03 Å². The monoisotopic (exact) mass is 337 g/mol. The quantitative estimate of drug-likeness (QED) is 0.421. The van der Waals surface area contributed by atoms with E-state index in [9.17, 15) is 9.59 Å². The third-order valence-corrected chi connectivity index (χ3v) is 5.02. The molecule has 0 atom stereocenters. The van der Waals surface area contributed by atoms with Gasteiger partial charge in [0.2, 0.25) is 0 Å². The minimum absolute atomic E-state index is 0.125. The lowest BCUT2D eigenvalue weighted by Gasteiger charge is -2.03. The highest BCUT2D eigenvalue weighted by Crippen LogP contribution is 2.37. The number of hydrogen-bond acceptors (Lipinski definition) is 5. The normalized spacial score (nSPS) is 12.0. The van der Waals surface area contributed by atoms with E-state index in [2.05, 4.69) is 11.6 Å². The summed E-state index contributed by atoms with van der Waals surface area (Å²) in [6.45, 7) is 5.41. The fraction of sp³-hybridized carbons (Fsp3) is 0.133. The maximum Gasteiger partial charge on any atom is 0.337 e. The lowest BCUT2D eigenvalue weighted by molar-refractivity contribution is -0.132. The molecule has 1 aromatic heterocycles. The third kappa shape index (κ3) is 5.79. The number of aromatic nitrogens is 1. The van der Waals surface area contributed by atoms with Crippen molar-refractivity contribution < 1.29 is 19.8 Å². The molecule has 0 aliphatic rings. The molecule has 1 aromatic rings. The number of carboxylic acid groups (broad SMARTS) is 2. The molecule has 0 fully saturated rings. The van der Waals surface area contributed by atoms with Crippen molar-refractivity contribution in [2.24, 2.45) is 0 Å². The minimum Gasteiger partial charge on any atom is -0.478 e. The zero-order chi connectivity index (χ0) is 16.5. The molecule has 0 aliphatic carbocycles. The minimum atomic E-state index is -1.02. The molecule has 0 aromatic carbocycles. The molecule has 0 aliphatic heterocycles. The van der Waals surface area contributed by atoms with Gasteiger partial charge in [0.05, 0.1) is 11.1 Å². The molecule has 7 heteroatoms. The molecule has 116 valence electrons. The van der Waals surface area contributed by atoms with Gasteiger partial charge in [-0.05, 0) is 40.3 Å². The Morgan fingerprint density at radius 1 is 1.32 bits per heavy atom. The van der Waals surface area contributed by atoms with Crippen molar-refractivity contribution in [1.82, 2.24) is 4.98 Å². The third-order valence-electron chi connectivity index (χ3n) is 2.48. The smallest absolute Gasteiger partial charge is 0.337 e. The van der Waals surface area contributed by atoms with E-state index in [1.54, 1.807) is 12.1 Å². The van der Waals surface area contributed by atoms with Crippen LogP contribution in [-0.4, -0.2) is 27.1 Å². The Bertz CT molecular complexity index is 621. The van der Waals surface area contributed by atoms with Crippen molar-refractivity contribution in [2.75, 3.05) is 0 Å². The number of allylic oxidation sites excluding steroid dienone is 3. The largest absolute Gasteiger partial charge is 0.478 e. The second-order valence-corrected chi connectivity index (χ2v) is 6.25. The fourth-order valence-electron chi connectivity index (χ4n) is 1.27. The van der Waals surface area contributed by atoms with Crippen LogP contribution >= 0.6 is 21.6 Å². The highest BCUT2D eigenvalue weighted by Gasteiger charge is 2.05. The summed E-state index contributed by atoms with van der Waals surface area (Å²) in [4.78, 5) is 26.6. The summed E-state index contributed by atoms with van der Waals surface area (Å²) in [6, 6.07) is 3.13. The Morgan fingerprint density at radius 2 is 2.05 bits per heavy atom. The lowest BCUT2D eigenvalue weighted by atomic mass is 10.2. The summed E-state index contributed by atoms with van der Waals surface area (Å²) in [6.07, 6.45) is 6.57. The first kappa shape index (κ1) is 18.1. The Balaban J connectivity index is 2.72. The molecule has 0 saturated carbocycles. The number of aliphatic carboxylic acids is 1. The SMILES string of the molecule is C=C/C(=C\C=C(/CC)SSc1ccc(C(=O)O)cn1)C(=O)O. The van der Waals surface area contributed by atoms with E-state index in [1.807, 2.05) is 6.92 Å². The van der Waals surface area contributed by atoms with Gasteiger partial charge in [-0.15, -0.1) is 0 Å². The van der Waals surface area contributed by atoms with E-state index in [0.717, 1.165) is 11.3 Å². The molecule has 2 N–H and O–H groups in total. The van der Waals surface area contributed by atoms with E-state index >= 15 is 0 Å². The van der Waals surface area contributed by atoms with Gasteiger partial charge in [-0.25, -0.2) is 14.6 Å². The number of hydrogen-bond donors (Lipinski definition) is 2. The van der Waals surface area contributed by atoms with Crippen molar-refractivity contribution in [2.45, 2.75) is 18.4 Å². The van der Waals surface area contributed by atoms with Crippen molar-refractivity contribution in [3.8, 4) is 0 Å². The van der Waals surface area contributed by atoms with Crippen LogP contribution in [0.1, 0.15) is 23.7 Å². The molecule has 1 rings (SSSR count). The summed E-state index contributed by atoms with van der Waals surface area (Å²) in [5.74, 6) is -2.04. The van der Waals surface area contributed by atoms with Gasteiger partial charge < -0.3 is 10.2 Å². The number of rotatable bonds is 8. The lowest BCUT2D eigenvalue weighted by Crippen LogP contribution is -1.96. The van der Waals surface area contributed by atoms with Gasteiger partial charge in [0.15, 0.2) is 0 Å². The Kier molecular flexibility index (Phi) is 7.48. The number of aromatic carboxylic acids is 1. The summed E-state index contributed by atoms with van der Waals surface area (Å²) >= 11 is 0. The standard InChI is InChI=1S/C15H15NO4S2/c1-3-10(14(17)18)5-7-12(4-2)21-22-13-8-6-11(9-16-13)15(19)20/h3,5-9H,1,4H2,2H3,(H,17,18)(H,19,20)/b10-5+,12-7+. The number of carbonyl (C=O) groups is 2. The van der Waals surface area contributed by atoms with Crippen LogP contribution in [-0.2, 0) is 4.79 Å². The first-order valence-electron chi connectivity index (χ1n) is 6.28. The van der Waals surface area contributed by atoms with Gasteiger partial charge in [-0.3, -0.25) is 0 Å². The van der Waals surface area contributed by atoms with Gasteiger partial charge in [-0.1, -0.05) is 36.4 Å². The van der Waals surface area contributed by atoms with Crippen LogP contribution in [0.5, 0.6) is 0 Å². The topological polar surface area (TPSA) is 87.5 Å². The van der Waals surface area contributed by atoms with Crippen molar-refractivity contribution >= 4 is 33.5 Å². The fourth-order valence-corrected chi connectivity index (χ4v) is 3.31. The van der Waals surface area contributed by atoms with Crippen LogP contribution in [0.25, 0.3) is 0 Å². The average molecular weight is 337 g/mol. The molecule has 0 bridgehead atoms. The maximum absolute atomic E-state index is 10.9. The summed E-state index contributed by atoms with van der Waals surface area (Å²) in [7, 11) is 2.83. The summed E-state index contributed by atoms with van der Waals surface area (Å²) in [5.41, 5.74) is 0.265. The van der Waals surface area contributed by atoms with E-state index in [4.69, 9.17) is 10.2 Å². The number of pyridine rings is 1. The van der Waals surface area contributed by atoms with Crippen LogP contribution in [0.2, 0.25) is 0 Å². The highest BCUT2D eigenvalue weighted by molar-refractivity contribution is 8.78. The molecule has 0 amide bonds. The molecule has 1 heterocycles. The summed E-state index contributed by atoms with van der Waals surface area (Å²) < 4.78 is 0. The Morgan fingerprint density at radius 3 is 2.50 bits per heavy atom. The van der Waals surface area contributed by atoms with E-state index in [-0.39, 0.29) is 11.1 Å². The molecule has 0 radical (unpaired) electrons. The van der Waals surface area contributed by atoms with Gasteiger partial charge >= 0.3 is 11.9 Å². The van der Waals surface area contributed by atoms with Crippen LogP contribution in [0.3, 0.4) is 0 Å². The molecular formula is C15H15NO4S2. The maximum atomic E-state index is 10.9. The van der Waals surface area contributed by atoms with Crippen LogP contribution in [0.15, 0.2) is 58.6 Å². The predicted molar refractivity (Wildman–Crippen MR) is 88.9 cm³/mol. The van der Waals surface area contributed by atoms with Gasteiger partial charge in [-0.2, -0.15) is 0 Å². The molecule has 22 heavy (non-hydrogen) atoms. The van der Waals surface area contributed by atoms with Gasteiger partial charge in [0, 0.05) is 6.20 Å². The first-order chi connectivity index (χ1) is 10.5. The van der Waals surface area contributed by atoms with Crippen molar-refractivity contribution in [1.29, 1.82) is 0 Å². The van der Waals surface area contributed by atoms with E-state index < -0.39 is 11.9 Å². The predicted octanol–water partition coefficient (Wildman–Crippen LogP) is 4.01. The zero-order valence-corrected chi connectivity index (χ0v) is 13.5. The number of nitrogens with zero attached hydrogens (tertiary/aromatic N) is 1. The van der Waals surface area contributed by atoms with Crippen LogP contribution in [0, 0.1) is 0 Å². The second-order valence-electron chi connectivity index (χ2n) is 3.97. The number of carboxylic acids is 2. The van der Waals surface area contributed by atoms with Crippen LogP contribution in [0.4, 0.5) is 0 Å². The molecule has 0 spiro atoms. The Hall–Kier alpha value is -1.99. The second kappa shape index (κ2) is 9.11. The van der Waals surface area contributed by atoms with E-state index in [1.165, 1.54) is 46.0 Å². The highest BCUT2D eigenvalue weighted by atomic mass is 33.1. The van der Waals surface area contributed by atoms with Crippen molar-refractivity contribution in [3.63, 3.8) is 0 Å². The molecule has 0 saturated heterocycles. The summed E-state index contributed by atoms with van der Waals surface area (Å²) in [5, 5.41) is 18.4. The van der Waals surface area contributed by atoms with Gasteiger partial charge in [0.25, 0.3) is 0 Å². The molecular weight excluding hydrogens is 322 g/mol. The van der Waals surface area contributed by atoms with Crippen molar-refractivity contribution in [3.05, 3.63) is 59.2 Å². The average Bonchev–Trinajstić information content (AvgIpc) is 2.50. The first-order valence-corrected chi connectivity index (χ1v) is 8.43. The van der Waals surface area contributed by atoms with Crippen LogP contribution < -0.4 is 0 Å². The van der Waals surface area contributed by atoms with E-state index in [0.29, 0.717) is 5.03 Å². The molecule has 5 nitrogen and oxygen atoms in total. The Labute approximate surface area is 136 Å².